The minimum atomic E-state index is -0.154. The van der Waals surface area contributed by atoms with Crippen LogP contribution in [-0.4, -0.2) is 0 Å². The summed E-state index contributed by atoms with van der Waals surface area (Å²) in [7, 11) is 0. The molecule has 0 heterocycles. The van der Waals surface area contributed by atoms with Gasteiger partial charge in [0, 0.05) is 5.41 Å². The van der Waals surface area contributed by atoms with Crippen molar-refractivity contribution in [1.29, 1.82) is 0 Å². The molecule has 0 aliphatic heterocycles. The first-order chi connectivity index (χ1) is 24.1. The summed E-state index contributed by atoms with van der Waals surface area (Å²) in [5, 5.41) is 10.5. The van der Waals surface area contributed by atoms with E-state index in [4.69, 9.17) is 0 Å². The van der Waals surface area contributed by atoms with Gasteiger partial charge in [0.15, 0.2) is 0 Å². The zero-order valence-corrected chi connectivity index (χ0v) is 27.5. The maximum absolute atomic E-state index is 2.48. The highest BCUT2D eigenvalue weighted by Crippen LogP contribution is 2.57. The third-order valence-corrected chi connectivity index (χ3v) is 11.6. The summed E-state index contributed by atoms with van der Waals surface area (Å²) in [6.07, 6.45) is 0. The summed E-state index contributed by atoms with van der Waals surface area (Å²) in [6, 6.07) is 59.2. The molecule has 0 radical (unpaired) electrons. The molecule has 0 N–H and O–H groups in total. The van der Waals surface area contributed by atoms with Crippen LogP contribution in [-0.2, 0) is 5.41 Å². The second-order valence-corrected chi connectivity index (χ2v) is 14.3. The topological polar surface area (TPSA) is 0 Å². The minimum absolute atomic E-state index is 0.154. The van der Waals surface area contributed by atoms with Gasteiger partial charge in [-0.15, -0.1) is 0 Å². The Morgan fingerprint density at radius 3 is 1.47 bits per heavy atom. The first-order valence-corrected chi connectivity index (χ1v) is 17.4. The lowest BCUT2D eigenvalue weighted by atomic mass is 9.76. The molecule has 0 amide bonds. The standard InChI is InChI=1S/C49H32/c1-49(2)43-25-12-11-22-41(43)47-30-15-4-3-14-29(30)28-42(48(47)49)46-36-20-9-7-18-34(36)45(35-19-8-10-21-37(35)46)40-27-26-39-32-17-6-5-16-31(32)33-23-13-24-38(40)44(33)39/h3-28H,1-2H3. The van der Waals surface area contributed by atoms with Crippen molar-refractivity contribution in [3.05, 3.63) is 169 Å². The highest BCUT2D eigenvalue weighted by molar-refractivity contribution is 6.27. The molecule has 0 unspecified atom stereocenters. The van der Waals surface area contributed by atoms with Crippen LogP contribution in [0.15, 0.2) is 158 Å². The average molecular weight is 621 g/mol. The number of rotatable bonds is 2. The lowest BCUT2D eigenvalue weighted by Crippen LogP contribution is -2.16. The van der Waals surface area contributed by atoms with Crippen LogP contribution in [0.5, 0.6) is 0 Å². The molecule has 0 fully saturated rings. The first kappa shape index (κ1) is 27.0. The zero-order chi connectivity index (χ0) is 32.4. The Balaban J connectivity index is 1.29. The van der Waals surface area contributed by atoms with E-state index in [0.29, 0.717) is 0 Å². The van der Waals surface area contributed by atoms with Gasteiger partial charge in [-0.25, -0.2) is 0 Å². The van der Waals surface area contributed by atoms with Crippen LogP contribution in [0, 0.1) is 0 Å². The van der Waals surface area contributed by atoms with Crippen molar-refractivity contribution in [2.75, 3.05) is 0 Å². The predicted octanol–water partition coefficient (Wildman–Crippen LogP) is 13.6. The van der Waals surface area contributed by atoms with Gasteiger partial charge in [-0.2, -0.15) is 0 Å². The van der Waals surface area contributed by atoms with E-state index in [1.54, 1.807) is 0 Å². The lowest BCUT2D eigenvalue weighted by molar-refractivity contribution is 0.662. The molecule has 9 aromatic rings. The molecule has 2 aliphatic carbocycles. The Morgan fingerprint density at radius 1 is 0.327 bits per heavy atom. The van der Waals surface area contributed by atoms with Gasteiger partial charge < -0.3 is 0 Å². The second kappa shape index (κ2) is 9.56. The zero-order valence-electron chi connectivity index (χ0n) is 27.5. The molecule has 0 atom stereocenters. The second-order valence-electron chi connectivity index (χ2n) is 14.3. The van der Waals surface area contributed by atoms with E-state index in [0.717, 1.165) is 0 Å². The Kier molecular flexibility index (Phi) is 5.27. The lowest BCUT2D eigenvalue weighted by Gasteiger charge is -2.27. The third kappa shape index (κ3) is 3.43. The van der Waals surface area contributed by atoms with Gasteiger partial charge in [0.2, 0.25) is 0 Å². The van der Waals surface area contributed by atoms with Gasteiger partial charge in [0.1, 0.15) is 0 Å². The number of hydrogen-bond donors (Lipinski definition) is 0. The van der Waals surface area contributed by atoms with Crippen LogP contribution in [0.25, 0.3) is 98.7 Å². The molecule has 0 saturated heterocycles. The Labute approximate surface area is 285 Å². The van der Waals surface area contributed by atoms with Crippen molar-refractivity contribution in [3.8, 4) is 55.6 Å². The van der Waals surface area contributed by atoms with Crippen LogP contribution in [0.3, 0.4) is 0 Å². The van der Waals surface area contributed by atoms with Crippen LogP contribution < -0.4 is 0 Å². The maximum atomic E-state index is 2.48. The molecule has 0 saturated carbocycles. The van der Waals surface area contributed by atoms with Gasteiger partial charge in [-0.1, -0.05) is 166 Å². The molecule has 49 heavy (non-hydrogen) atoms. The SMILES string of the molecule is CC1(C)c2ccccc2-c2c1c(-c1c3ccccc3c(-c3ccc4c5c(cccc35)-c3ccccc3-4)c3ccccc13)cc1ccccc21. The molecule has 0 heteroatoms. The Hall–Kier alpha value is -5.98. The third-order valence-electron chi connectivity index (χ3n) is 11.6. The molecule has 9 aromatic carbocycles. The van der Waals surface area contributed by atoms with Crippen molar-refractivity contribution < 1.29 is 0 Å². The quantitative estimate of drug-likeness (QED) is 0.169. The average Bonchev–Trinajstić information content (AvgIpc) is 3.60. The number of hydrogen-bond acceptors (Lipinski definition) is 0. The van der Waals surface area contributed by atoms with Crippen LogP contribution in [0.2, 0.25) is 0 Å². The van der Waals surface area contributed by atoms with E-state index in [-0.39, 0.29) is 5.41 Å². The fraction of sp³-hybridized carbons (Fsp3) is 0.0612. The maximum Gasteiger partial charge on any atom is 0.0165 e. The van der Waals surface area contributed by atoms with Crippen molar-refractivity contribution in [2.24, 2.45) is 0 Å². The molecule has 2 aliphatic rings. The van der Waals surface area contributed by atoms with Crippen LogP contribution >= 0.6 is 0 Å². The first-order valence-electron chi connectivity index (χ1n) is 17.4. The summed E-state index contributed by atoms with van der Waals surface area (Å²) in [6.45, 7) is 4.83. The molecule has 11 rings (SSSR count). The van der Waals surface area contributed by atoms with E-state index in [9.17, 15) is 0 Å². The van der Waals surface area contributed by atoms with E-state index in [1.165, 1.54) is 110 Å². The largest absolute Gasteiger partial charge is 0.0619 e. The Bertz CT molecular complexity index is 2810. The fourth-order valence-corrected chi connectivity index (χ4v) is 9.59. The molecule has 0 nitrogen and oxygen atoms in total. The van der Waals surface area contributed by atoms with Crippen molar-refractivity contribution in [2.45, 2.75) is 19.3 Å². The summed E-state index contributed by atoms with van der Waals surface area (Å²) >= 11 is 0. The molecular weight excluding hydrogens is 589 g/mol. The van der Waals surface area contributed by atoms with Crippen molar-refractivity contribution >= 4 is 43.1 Å². The van der Waals surface area contributed by atoms with E-state index >= 15 is 0 Å². The van der Waals surface area contributed by atoms with Crippen LogP contribution in [0.4, 0.5) is 0 Å². The van der Waals surface area contributed by atoms with E-state index < -0.39 is 0 Å². The number of fused-ring (bicyclic) bond motifs is 10. The normalized spacial score (nSPS) is 13.7. The fourth-order valence-electron chi connectivity index (χ4n) is 9.59. The molecule has 0 spiro atoms. The minimum Gasteiger partial charge on any atom is -0.0619 e. The molecule has 228 valence electrons. The van der Waals surface area contributed by atoms with Crippen molar-refractivity contribution in [3.63, 3.8) is 0 Å². The van der Waals surface area contributed by atoms with Gasteiger partial charge in [0.05, 0.1) is 0 Å². The summed E-state index contributed by atoms with van der Waals surface area (Å²) in [5.41, 5.74) is 16.0. The van der Waals surface area contributed by atoms with Gasteiger partial charge in [0.25, 0.3) is 0 Å². The predicted molar refractivity (Wildman–Crippen MR) is 209 cm³/mol. The highest BCUT2D eigenvalue weighted by atomic mass is 14.4. The molecular formula is C49H32. The molecule has 0 bridgehead atoms. The summed E-state index contributed by atoms with van der Waals surface area (Å²) in [5.74, 6) is 0. The number of benzene rings is 9. The van der Waals surface area contributed by atoms with E-state index in [2.05, 4.69) is 172 Å². The smallest absolute Gasteiger partial charge is 0.0165 e. The van der Waals surface area contributed by atoms with Gasteiger partial charge in [-0.05, 0) is 116 Å². The van der Waals surface area contributed by atoms with Gasteiger partial charge in [-0.3, -0.25) is 0 Å². The monoisotopic (exact) mass is 620 g/mol. The van der Waals surface area contributed by atoms with Gasteiger partial charge >= 0.3 is 0 Å². The summed E-state index contributed by atoms with van der Waals surface area (Å²) in [4.78, 5) is 0. The Morgan fingerprint density at radius 2 is 0.796 bits per heavy atom. The van der Waals surface area contributed by atoms with Crippen LogP contribution in [0.1, 0.15) is 25.0 Å². The van der Waals surface area contributed by atoms with Crippen molar-refractivity contribution in [1.82, 2.24) is 0 Å². The summed E-state index contributed by atoms with van der Waals surface area (Å²) < 4.78 is 0. The highest BCUT2D eigenvalue weighted by Gasteiger charge is 2.39. The van der Waals surface area contributed by atoms with E-state index in [1.807, 2.05) is 0 Å². The molecule has 0 aromatic heterocycles.